The molecule has 1 heterocycles. The van der Waals surface area contributed by atoms with Crippen molar-refractivity contribution in [3.05, 3.63) is 29.8 Å². The molecule has 0 saturated heterocycles. The van der Waals surface area contributed by atoms with Gasteiger partial charge < -0.3 is 10.6 Å². The van der Waals surface area contributed by atoms with E-state index in [4.69, 9.17) is 0 Å². The third kappa shape index (κ3) is 2.99. The van der Waals surface area contributed by atoms with Crippen LogP contribution in [0.5, 0.6) is 0 Å². The molecule has 0 aliphatic carbocycles. The summed E-state index contributed by atoms with van der Waals surface area (Å²) in [7, 11) is 0. The van der Waals surface area contributed by atoms with E-state index in [9.17, 15) is 4.79 Å². The highest BCUT2D eigenvalue weighted by molar-refractivity contribution is 5.87. The molecule has 2 rings (SSSR count). The Balaban J connectivity index is 1.80. The molecule has 0 spiro atoms. The van der Waals surface area contributed by atoms with Gasteiger partial charge in [0.05, 0.1) is 0 Å². The van der Waals surface area contributed by atoms with Crippen LogP contribution in [0.25, 0.3) is 0 Å². The summed E-state index contributed by atoms with van der Waals surface area (Å²) in [6.07, 6.45) is 4.24. The van der Waals surface area contributed by atoms with Gasteiger partial charge in [0.2, 0.25) is 5.91 Å². The summed E-state index contributed by atoms with van der Waals surface area (Å²) in [5.41, 5.74) is 2.34. The van der Waals surface area contributed by atoms with E-state index in [1.807, 2.05) is 18.2 Å². The van der Waals surface area contributed by atoms with Gasteiger partial charge in [-0.2, -0.15) is 0 Å². The molecule has 1 aliphatic heterocycles. The number of unbranched alkanes of at least 4 members (excludes halogenated alkanes) is 2. The monoisotopic (exact) mass is 232 g/mol. The molecule has 92 valence electrons. The molecule has 0 bridgehead atoms. The predicted octanol–water partition coefficient (Wildman–Crippen LogP) is 2.33. The van der Waals surface area contributed by atoms with Crippen LogP contribution in [0.1, 0.15) is 31.7 Å². The van der Waals surface area contributed by atoms with Gasteiger partial charge in [0.25, 0.3) is 0 Å². The number of carbonyl (C=O) groups excluding carboxylic acids is 1. The van der Waals surface area contributed by atoms with Crippen LogP contribution in [0.2, 0.25) is 0 Å². The van der Waals surface area contributed by atoms with E-state index in [1.165, 1.54) is 18.4 Å². The van der Waals surface area contributed by atoms with E-state index >= 15 is 0 Å². The maximum atomic E-state index is 11.9. The number of anilines is 1. The lowest BCUT2D eigenvalue weighted by Crippen LogP contribution is -2.38. The van der Waals surface area contributed by atoms with Crippen LogP contribution < -0.4 is 10.6 Å². The Morgan fingerprint density at radius 2 is 2.24 bits per heavy atom. The van der Waals surface area contributed by atoms with E-state index < -0.39 is 0 Å². The summed E-state index contributed by atoms with van der Waals surface area (Å²) in [6, 6.07) is 8.02. The third-order valence-corrected chi connectivity index (χ3v) is 3.17. The number of rotatable bonds is 5. The van der Waals surface area contributed by atoms with Crippen molar-refractivity contribution in [2.75, 3.05) is 11.9 Å². The summed E-state index contributed by atoms with van der Waals surface area (Å²) in [6.45, 7) is 2.96. The minimum Gasteiger partial charge on any atom is -0.373 e. The summed E-state index contributed by atoms with van der Waals surface area (Å²) < 4.78 is 0. The number of nitrogens with one attached hydrogen (secondary N) is 2. The van der Waals surface area contributed by atoms with Crippen molar-refractivity contribution < 1.29 is 4.79 Å². The Morgan fingerprint density at radius 3 is 3.00 bits per heavy atom. The van der Waals surface area contributed by atoms with E-state index in [2.05, 4.69) is 23.6 Å². The number of fused-ring (bicyclic) bond motifs is 1. The lowest BCUT2D eigenvalue weighted by atomic mass is 10.1. The zero-order valence-corrected chi connectivity index (χ0v) is 10.3. The van der Waals surface area contributed by atoms with Crippen LogP contribution in [0.15, 0.2) is 24.3 Å². The van der Waals surface area contributed by atoms with Crippen molar-refractivity contribution in [2.24, 2.45) is 0 Å². The second-order valence-corrected chi connectivity index (χ2v) is 4.56. The molecule has 17 heavy (non-hydrogen) atoms. The van der Waals surface area contributed by atoms with E-state index in [1.54, 1.807) is 0 Å². The third-order valence-electron chi connectivity index (χ3n) is 3.17. The summed E-state index contributed by atoms with van der Waals surface area (Å²) in [5, 5.41) is 6.26. The SMILES string of the molecule is CCCCCNC(=O)[C@@H]1Cc2ccccc2N1. The van der Waals surface area contributed by atoms with Gasteiger partial charge in [0.15, 0.2) is 0 Å². The first-order chi connectivity index (χ1) is 8.31. The molecular formula is C14H20N2O. The first kappa shape index (κ1) is 12.0. The number of amides is 1. The van der Waals surface area contributed by atoms with Crippen molar-refractivity contribution in [3.8, 4) is 0 Å². The van der Waals surface area contributed by atoms with Gasteiger partial charge in [-0.1, -0.05) is 38.0 Å². The van der Waals surface area contributed by atoms with Crippen molar-refractivity contribution in [3.63, 3.8) is 0 Å². The Hall–Kier alpha value is -1.51. The fraction of sp³-hybridized carbons (Fsp3) is 0.500. The van der Waals surface area contributed by atoms with Crippen LogP contribution in [0.4, 0.5) is 5.69 Å². The molecule has 0 radical (unpaired) electrons. The van der Waals surface area contributed by atoms with Crippen molar-refractivity contribution in [2.45, 2.75) is 38.6 Å². The molecule has 0 saturated carbocycles. The highest BCUT2D eigenvalue weighted by Crippen LogP contribution is 2.24. The Labute approximate surface area is 103 Å². The Kier molecular flexibility index (Phi) is 4.02. The zero-order valence-electron chi connectivity index (χ0n) is 10.3. The van der Waals surface area contributed by atoms with Gasteiger partial charge in [0.1, 0.15) is 6.04 Å². The fourth-order valence-electron chi connectivity index (χ4n) is 2.17. The number of hydrogen-bond donors (Lipinski definition) is 2. The predicted molar refractivity (Wildman–Crippen MR) is 70.1 cm³/mol. The lowest BCUT2D eigenvalue weighted by molar-refractivity contribution is -0.121. The number of hydrogen-bond acceptors (Lipinski definition) is 2. The number of carbonyl (C=O) groups is 1. The summed E-state index contributed by atoms with van der Waals surface area (Å²) in [5.74, 6) is 0.123. The van der Waals surface area contributed by atoms with E-state index in [0.29, 0.717) is 0 Å². The molecule has 2 N–H and O–H groups in total. The standard InChI is InChI=1S/C14H20N2O/c1-2-3-6-9-15-14(17)13-10-11-7-4-5-8-12(11)16-13/h4-5,7-8,13,16H,2-3,6,9-10H2,1H3,(H,15,17)/t13-/m0/s1. The Morgan fingerprint density at radius 1 is 1.41 bits per heavy atom. The van der Waals surface area contributed by atoms with Crippen LogP contribution in [0, 0.1) is 0 Å². The van der Waals surface area contributed by atoms with Gasteiger partial charge in [-0.3, -0.25) is 4.79 Å². The van der Waals surface area contributed by atoms with Crippen LogP contribution in [-0.4, -0.2) is 18.5 Å². The molecule has 3 heteroatoms. The molecule has 1 aromatic carbocycles. The maximum Gasteiger partial charge on any atom is 0.242 e. The molecule has 0 fully saturated rings. The molecule has 1 aliphatic rings. The minimum absolute atomic E-state index is 0.0889. The molecule has 1 aromatic rings. The van der Waals surface area contributed by atoms with Crippen molar-refractivity contribution in [1.82, 2.24) is 5.32 Å². The van der Waals surface area contributed by atoms with Gasteiger partial charge in [-0.15, -0.1) is 0 Å². The largest absolute Gasteiger partial charge is 0.373 e. The van der Waals surface area contributed by atoms with Gasteiger partial charge in [-0.25, -0.2) is 0 Å². The molecule has 0 aromatic heterocycles. The smallest absolute Gasteiger partial charge is 0.242 e. The van der Waals surface area contributed by atoms with Gasteiger partial charge >= 0.3 is 0 Å². The van der Waals surface area contributed by atoms with Gasteiger partial charge in [0, 0.05) is 18.7 Å². The van der Waals surface area contributed by atoms with E-state index in [0.717, 1.165) is 25.1 Å². The topological polar surface area (TPSA) is 41.1 Å². The second kappa shape index (κ2) is 5.71. The van der Waals surface area contributed by atoms with Crippen LogP contribution >= 0.6 is 0 Å². The lowest BCUT2D eigenvalue weighted by Gasteiger charge is -2.11. The highest BCUT2D eigenvalue weighted by atomic mass is 16.2. The minimum atomic E-state index is -0.0889. The Bertz CT molecular complexity index is 365. The summed E-state index contributed by atoms with van der Waals surface area (Å²) in [4.78, 5) is 11.9. The first-order valence-electron chi connectivity index (χ1n) is 6.43. The van der Waals surface area contributed by atoms with Crippen LogP contribution in [-0.2, 0) is 11.2 Å². The van der Waals surface area contributed by atoms with Gasteiger partial charge in [-0.05, 0) is 18.1 Å². The maximum absolute atomic E-state index is 11.9. The first-order valence-corrected chi connectivity index (χ1v) is 6.43. The average Bonchev–Trinajstić information content (AvgIpc) is 2.78. The van der Waals surface area contributed by atoms with Crippen molar-refractivity contribution >= 4 is 11.6 Å². The quantitative estimate of drug-likeness (QED) is 0.765. The highest BCUT2D eigenvalue weighted by Gasteiger charge is 2.25. The summed E-state index contributed by atoms with van der Waals surface area (Å²) >= 11 is 0. The molecule has 1 atom stereocenters. The molecular weight excluding hydrogens is 212 g/mol. The molecule has 0 unspecified atom stereocenters. The number of para-hydroxylation sites is 1. The fourth-order valence-corrected chi connectivity index (χ4v) is 2.17. The zero-order chi connectivity index (χ0) is 12.1. The average molecular weight is 232 g/mol. The normalized spacial score (nSPS) is 17.4. The second-order valence-electron chi connectivity index (χ2n) is 4.56. The van der Waals surface area contributed by atoms with Crippen LogP contribution in [0.3, 0.4) is 0 Å². The van der Waals surface area contributed by atoms with E-state index in [-0.39, 0.29) is 11.9 Å². The van der Waals surface area contributed by atoms with Crippen molar-refractivity contribution in [1.29, 1.82) is 0 Å². The molecule has 1 amide bonds. The molecule has 3 nitrogen and oxygen atoms in total. The number of benzene rings is 1.